The zero-order valence-corrected chi connectivity index (χ0v) is 13.2. The maximum Gasteiger partial charge on any atom is 0.255 e. The number of halogens is 1. The van der Waals surface area contributed by atoms with Crippen molar-refractivity contribution in [1.82, 2.24) is 15.1 Å². The number of nitrogens with zero attached hydrogens (tertiary/aromatic N) is 3. The van der Waals surface area contributed by atoms with E-state index in [1.54, 1.807) is 12.3 Å². The Balaban J connectivity index is 1.78. The third-order valence-corrected chi connectivity index (χ3v) is 4.05. The first kappa shape index (κ1) is 14.2. The van der Waals surface area contributed by atoms with E-state index in [2.05, 4.69) is 32.2 Å². The summed E-state index contributed by atoms with van der Waals surface area (Å²) in [5, 5.41) is 7.53. The number of hydrogen-bond donors (Lipinski definition) is 0. The maximum atomic E-state index is 12.6. The van der Waals surface area contributed by atoms with Crippen molar-refractivity contribution in [3.05, 3.63) is 58.3 Å². The predicted molar refractivity (Wildman–Crippen MR) is 83.6 cm³/mol. The molecule has 4 nitrogen and oxygen atoms in total. The highest BCUT2D eigenvalue weighted by Gasteiger charge is 2.27. The SMILES string of the molecule is O=C(c1ccnnc1)N(Cc1cccc(Br)c1)CC1CC1. The summed E-state index contributed by atoms with van der Waals surface area (Å²) in [6.07, 6.45) is 5.53. The largest absolute Gasteiger partial charge is 0.334 e. The van der Waals surface area contributed by atoms with E-state index in [0.717, 1.165) is 16.6 Å². The number of hydrogen-bond acceptors (Lipinski definition) is 3. The van der Waals surface area contributed by atoms with Crippen LogP contribution >= 0.6 is 15.9 Å². The molecule has 0 aliphatic heterocycles. The van der Waals surface area contributed by atoms with Crippen molar-refractivity contribution in [2.45, 2.75) is 19.4 Å². The molecule has 0 radical (unpaired) electrons. The molecule has 0 unspecified atom stereocenters. The Bertz CT molecular complexity index is 628. The first-order valence-corrected chi connectivity index (χ1v) is 7.82. The molecule has 1 aromatic carbocycles. The van der Waals surface area contributed by atoms with Crippen LogP contribution in [0.3, 0.4) is 0 Å². The van der Waals surface area contributed by atoms with Gasteiger partial charge in [0, 0.05) is 17.6 Å². The van der Waals surface area contributed by atoms with Gasteiger partial charge in [0.25, 0.3) is 5.91 Å². The van der Waals surface area contributed by atoms with Gasteiger partial charge in [-0.15, -0.1) is 0 Å². The lowest BCUT2D eigenvalue weighted by molar-refractivity contribution is 0.0734. The third kappa shape index (κ3) is 3.88. The minimum atomic E-state index is 0.0248. The van der Waals surface area contributed by atoms with Crippen LogP contribution in [0.25, 0.3) is 0 Å². The Morgan fingerprint density at radius 3 is 2.81 bits per heavy atom. The van der Waals surface area contributed by atoms with Gasteiger partial charge >= 0.3 is 0 Å². The lowest BCUT2D eigenvalue weighted by Crippen LogP contribution is -2.32. The number of amides is 1. The number of rotatable bonds is 5. The van der Waals surface area contributed by atoms with E-state index < -0.39 is 0 Å². The van der Waals surface area contributed by atoms with E-state index in [-0.39, 0.29) is 5.91 Å². The molecular weight excluding hydrogens is 330 g/mol. The smallest absolute Gasteiger partial charge is 0.255 e. The van der Waals surface area contributed by atoms with Gasteiger partial charge in [0.1, 0.15) is 0 Å². The van der Waals surface area contributed by atoms with Gasteiger partial charge in [-0.25, -0.2) is 0 Å². The van der Waals surface area contributed by atoms with Gasteiger partial charge in [0.05, 0.1) is 18.0 Å². The summed E-state index contributed by atoms with van der Waals surface area (Å²) >= 11 is 3.48. The Hall–Kier alpha value is -1.75. The second-order valence-corrected chi connectivity index (χ2v) is 6.31. The van der Waals surface area contributed by atoms with Crippen molar-refractivity contribution in [3.8, 4) is 0 Å². The summed E-state index contributed by atoms with van der Waals surface area (Å²) in [5.41, 5.74) is 1.72. The average Bonchev–Trinajstić information content (AvgIpc) is 3.31. The van der Waals surface area contributed by atoms with E-state index >= 15 is 0 Å². The molecular formula is C16H16BrN3O. The Labute approximate surface area is 132 Å². The summed E-state index contributed by atoms with van der Waals surface area (Å²) in [4.78, 5) is 14.6. The van der Waals surface area contributed by atoms with E-state index in [9.17, 15) is 4.79 Å². The number of benzene rings is 1. The summed E-state index contributed by atoms with van der Waals surface area (Å²) < 4.78 is 1.03. The molecule has 0 saturated heterocycles. The first-order valence-electron chi connectivity index (χ1n) is 7.03. The molecule has 1 heterocycles. The van der Waals surface area contributed by atoms with Gasteiger partial charge in [-0.1, -0.05) is 28.1 Å². The number of aromatic nitrogens is 2. The van der Waals surface area contributed by atoms with E-state index in [0.29, 0.717) is 18.0 Å². The molecule has 108 valence electrons. The minimum absolute atomic E-state index is 0.0248. The highest BCUT2D eigenvalue weighted by atomic mass is 79.9. The molecule has 1 aliphatic carbocycles. The van der Waals surface area contributed by atoms with Gasteiger partial charge in [0.15, 0.2) is 0 Å². The van der Waals surface area contributed by atoms with Gasteiger partial charge in [0.2, 0.25) is 0 Å². The van der Waals surface area contributed by atoms with Crippen LogP contribution in [0, 0.1) is 5.92 Å². The van der Waals surface area contributed by atoms with Crippen molar-refractivity contribution >= 4 is 21.8 Å². The lowest BCUT2D eigenvalue weighted by atomic mass is 10.2. The molecule has 2 aromatic rings. The van der Waals surface area contributed by atoms with Crippen molar-refractivity contribution in [1.29, 1.82) is 0 Å². The van der Waals surface area contributed by atoms with Crippen LogP contribution in [-0.2, 0) is 6.54 Å². The van der Waals surface area contributed by atoms with Crippen LogP contribution in [0.15, 0.2) is 47.2 Å². The molecule has 1 aliphatic rings. The second kappa shape index (κ2) is 6.35. The topological polar surface area (TPSA) is 46.1 Å². The Kier molecular flexibility index (Phi) is 4.29. The van der Waals surface area contributed by atoms with Crippen LogP contribution < -0.4 is 0 Å². The molecule has 0 spiro atoms. The summed E-state index contributed by atoms with van der Waals surface area (Å²) in [5.74, 6) is 0.674. The second-order valence-electron chi connectivity index (χ2n) is 5.39. The monoisotopic (exact) mass is 345 g/mol. The fourth-order valence-corrected chi connectivity index (χ4v) is 2.73. The highest BCUT2D eigenvalue weighted by Crippen LogP contribution is 2.30. The van der Waals surface area contributed by atoms with Crippen LogP contribution in [0.2, 0.25) is 0 Å². The number of carbonyl (C=O) groups is 1. The first-order chi connectivity index (χ1) is 10.2. The van der Waals surface area contributed by atoms with E-state index in [4.69, 9.17) is 0 Å². The molecule has 1 aromatic heterocycles. The summed E-state index contributed by atoms with van der Waals surface area (Å²) in [6, 6.07) is 9.80. The highest BCUT2D eigenvalue weighted by molar-refractivity contribution is 9.10. The van der Waals surface area contributed by atoms with Gasteiger partial charge in [-0.05, 0) is 42.5 Å². The molecule has 1 saturated carbocycles. The fraction of sp³-hybridized carbons (Fsp3) is 0.312. The standard InChI is InChI=1S/C16H16BrN3O/c17-15-3-1-2-13(8-15)11-20(10-12-4-5-12)16(21)14-6-7-18-19-9-14/h1-3,6-9,12H,4-5,10-11H2. The van der Waals surface area contributed by atoms with Gasteiger partial charge in [-0.2, -0.15) is 10.2 Å². The van der Waals surface area contributed by atoms with Crippen molar-refractivity contribution in [2.24, 2.45) is 5.92 Å². The number of carbonyl (C=O) groups excluding carboxylic acids is 1. The molecule has 1 fully saturated rings. The van der Waals surface area contributed by atoms with Gasteiger partial charge in [-0.3, -0.25) is 4.79 Å². The fourth-order valence-electron chi connectivity index (χ4n) is 2.29. The van der Waals surface area contributed by atoms with Gasteiger partial charge < -0.3 is 4.90 Å². The van der Waals surface area contributed by atoms with E-state index in [1.807, 2.05) is 23.1 Å². The lowest BCUT2D eigenvalue weighted by Gasteiger charge is -2.23. The van der Waals surface area contributed by atoms with Crippen LogP contribution in [0.1, 0.15) is 28.8 Å². The quantitative estimate of drug-likeness (QED) is 0.835. The Morgan fingerprint density at radius 1 is 1.29 bits per heavy atom. The normalized spacial score (nSPS) is 14.0. The zero-order chi connectivity index (χ0) is 14.7. The molecule has 0 bridgehead atoms. The van der Waals surface area contributed by atoms with E-state index in [1.165, 1.54) is 19.0 Å². The molecule has 3 rings (SSSR count). The Morgan fingerprint density at radius 2 is 2.14 bits per heavy atom. The molecule has 0 atom stereocenters. The zero-order valence-electron chi connectivity index (χ0n) is 11.6. The third-order valence-electron chi connectivity index (χ3n) is 3.56. The van der Waals surface area contributed by atoms with Crippen LogP contribution in [0.4, 0.5) is 0 Å². The van der Waals surface area contributed by atoms with Crippen molar-refractivity contribution in [2.75, 3.05) is 6.54 Å². The molecule has 5 heteroatoms. The van der Waals surface area contributed by atoms with Crippen molar-refractivity contribution in [3.63, 3.8) is 0 Å². The molecule has 21 heavy (non-hydrogen) atoms. The maximum absolute atomic E-state index is 12.6. The van der Waals surface area contributed by atoms with Crippen LogP contribution in [0.5, 0.6) is 0 Å². The minimum Gasteiger partial charge on any atom is -0.334 e. The summed E-state index contributed by atoms with van der Waals surface area (Å²) in [7, 11) is 0. The molecule has 0 N–H and O–H groups in total. The summed E-state index contributed by atoms with van der Waals surface area (Å²) in [6.45, 7) is 1.44. The predicted octanol–water partition coefficient (Wildman–Crippen LogP) is 3.29. The van der Waals surface area contributed by atoms with Crippen molar-refractivity contribution < 1.29 is 4.79 Å². The average molecular weight is 346 g/mol. The molecule has 1 amide bonds. The van der Waals surface area contributed by atoms with Crippen LogP contribution in [-0.4, -0.2) is 27.5 Å².